The zero-order valence-corrected chi connectivity index (χ0v) is 12.8. The molecular formula is C19H25NO. The van der Waals surface area contributed by atoms with Crippen molar-refractivity contribution in [2.45, 2.75) is 38.6 Å². The van der Waals surface area contributed by atoms with E-state index in [2.05, 4.69) is 49.4 Å². The molecular weight excluding hydrogens is 258 g/mol. The smallest absolute Gasteiger partial charge is 0.119 e. The fraction of sp³-hybridized carbons (Fsp3) is 0.368. The van der Waals surface area contributed by atoms with E-state index in [-0.39, 0.29) is 6.04 Å². The third-order valence-corrected chi connectivity index (χ3v) is 3.63. The first-order valence-corrected chi connectivity index (χ1v) is 7.73. The third-order valence-electron chi connectivity index (χ3n) is 3.63. The number of nitrogens with two attached hydrogens (primary N) is 1. The van der Waals surface area contributed by atoms with E-state index in [9.17, 15) is 0 Å². The Morgan fingerprint density at radius 1 is 1.00 bits per heavy atom. The summed E-state index contributed by atoms with van der Waals surface area (Å²) in [6.45, 7) is 2.76. The lowest BCUT2D eigenvalue weighted by atomic mass is 10.0. The minimum absolute atomic E-state index is 0.221. The molecule has 0 aliphatic rings. The van der Waals surface area contributed by atoms with Gasteiger partial charge < -0.3 is 10.5 Å². The van der Waals surface area contributed by atoms with Crippen LogP contribution < -0.4 is 10.5 Å². The van der Waals surface area contributed by atoms with Crippen LogP contribution in [0.25, 0.3) is 0 Å². The highest BCUT2D eigenvalue weighted by molar-refractivity contribution is 5.27. The number of hydrogen-bond acceptors (Lipinski definition) is 2. The van der Waals surface area contributed by atoms with Gasteiger partial charge in [0.05, 0.1) is 6.61 Å². The van der Waals surface area contributed by atoms with Crippen molar-refractivity contribution >= 4 is 0 Å². The average Bonchev–Trinajstić information content (AvgIpc) is 2.48. The van der Waals surface area contributed by atoms with Crippen LogP contribution in [-0.2, 0) is 6.42 Å². The van der Waals surface area contributed by atoms with Gasteiger partial charge in [0.25, 0.3) is 0 Å². The maximum atomic E-state index is 6.15. The van der Waals surface area contributed by atoms with Crippen molar-refractivity contribution in [1.82, 2.24) is 0 Å². The van der Waals surface area contributed by atoms with Crippen LogP contribution in [0.15, 0.2) is 54.6 Å². The number of aryl methyl sites for hydroxylation is 2. The molecule has 2 N–H and O–H groups in total. The molecule has 2 rings (SSSR count). The average molecular weight is 283 g/mol. The van der Waals surface area contributed by atoms with E-state index in [0.29, 0.717) is 6.61 Å². The Labute approximate surface area is 127 Å². The van der Waals surface area contributed by atoms with Crippen molar-refractivity contribution in [2.24, 2.45) is 5.73 Å². The van der Waals surface area contributed by atoms with Gasteiger partial charge in [0.2, 0.25) is 0 Å². The number of benzene rings is 2. The number of rotatable bonds is 8. The quantitative estimate of drug-likeness (QED) is 0.791. The number of ether oxygens (including phenoxy) is 1. The van der Waals surface area contributed by atoms with Gasteiger partial charge in [-0.15, -0.1) is 0 Å². The Balaban J connectivity index is 1.60. The molecule has 1 atom stereocenters. The summed E-state index contributed by atoms with van der Waals surface area (Å²) in [6.07, 6.45) is 4.19. The summed E-state index contributed by atoms with van der Waals surface area (Å²) in [5, 5.41) is 0. The lowest BCUT2D eigenvalue weighted by molar-refractivity contribution is 0.293. The minimum Gasteiger partial charge on any atom is -0.494 e. The summed E-state index contributed by atoms with van der Waals surface area (Å²) >= 11 is 0. The van der Waals surface area contributed by atoms with Crippen molar-refractivity contribution in [1.29, 1.82) is 0 Å². The van der Waals surface area contributed by atoms with Crippen LogP contribution in [0.1, 0.15) is 30.4 Å². The molecule has 0 saturated carbocycles. The van der Waals surface area contributed by atoms with E-state index >= 15 is 0 Å². The second-order valence-electron chi connectivity index (χ2n) is 5.59. The van der Waals surface area contributed by atoms with Gasteiger partial charge in [0, 0.05) is 6.04 Å². The van der Waals surface area contributed by atoms with Gasteiger partial charge in [-0.25, -0.2) is 0 Å². The maximum absolute atomic E-state index is 6.15. The van der Waals surface area contributed by atoms with E-state index in [1.807, 2.05) is 12.1 Å². The Kier molecular flexibility index (Phi) is 6.29. The molecule has 2 aromatic carbocycles. The predicted octanol–water partition coefficient (Wildman–Crippen LogP) is 4.11. The van der Waals surface area contributed by atoms with Gasteiger partial charge in [0.1, 0.15) is 5.75 Å². The third kappa shape index (κ3) is 6.01. The highest BCUT2D eigenvalue weighted by atomic mass is 16.5. The van der Waals surface area contributed by atoms with Crippen molar-refractivity contribution in [3.05, 3.63) is 65.7 Å². The highest BCUT2D eigenvalue weighted by Gasteiger charge is 2.03. The minimum atomic E-state index is 0.221. The van der Waals surface area contributed by atoms with E-state index in [4.69, 9.17) is 10.5 Å². The van der Waals surface area contributed by atoms with Gasteiger partial charge >= 0.3 is 0 Å². The van der Waals surface area contributed by atoms with Crippen molar-refractivity contribution in [3.63, 3.8) is 0 Å². The Morgan fingerprint density at radius 3 is 2.57 bits per heavy atom. The van der Waals surface area contributed by atoms with Gasteiger partial charge in [-0.05, 0) is 55.9 Å². The monoisotopic (exact) mass is 283 g/mol. The summed E-state index contributed by atoms with van der Waals surface area (Å²) in [5.41, 5.74) is 8.76. The van der Waals surface area contributed by atoms with Gasteiger partial charge in [-0.3, -0.25) is 0 Å². The summed E-state index contributed by atoms with van der Waals surface area (Å²) in [4.78, 5) is 0. The SMILES string of the molecule is Cc1cccc(OCCC(N)CCCc2ccccc2)c1. The molecule has 0 saturated heterocycles. The Morgan fingerprint density at radius 2 is 1.81 bits per heavy atom. The summed E-state index contributed by atoms with van der Waals surface area (Å²) in [5.74, 6) is 0.937. The molecule has 2 aromatic rings. The standard InChI is InChI=1S/C19H25NO/c1-16-7-5-12-19(15-16)21-14-13-18(20)11-6-10-17-8-3-2-4-9-17/h2-5,7-9,12,15,18H,6,10-11,13-14,20H2,1H3. The van der Waals surface area contributed by atoms with E-state index in [1.54, 1.807) is 0 Å². The highest BCUT2D eigenvalue weighted by Crippen LogP contribution is 2.13. The van der Waals surface area contributed by atoms with E-state index < -0.39 is 0 Å². The largest absolute Gasteiger partial charge is 0.494 e. The molecule has 21 heavy (non-hydrogen) atoms. The molecule has 0 radical (unpaired) electrons. The van der Waals surface area contributed by atoms with Crippen LogP contribution in [-0.4, -0.2) is 12.6 Å². The molecule has 0 amide bonds. The molecule has 0 aromatic heterocycles. The molecule has 112 valence electrons. The predicted molar refractivity (Wildman–Crippen MR) is 88.6 cm³/mol. The first kappa shape index (κ1) is 15.6. The van der Waals surface area contributed by atoms with Crippen molar-refractivity contribution in [3.8, 4) is 5.75 Å². The van der Waals surface area contributed by atoms with Crippen LogP contribution >= 0.6 is 0 Å². The lowest BCUT2D eigenvalue weighted by Crippen LogP contribution is -2.22. The van der Waals surface area contributed by atoms with Crippen LogP contribution in [0.3, 0.4) is 0 Å². The molecule has 0 fully saturated rings. The maximum Gasteiger partial charge on any atom is 0.119 e. The molecule has 0 aliphatic heterocycles. The molecule has 0 bridgehead atoms. The normalized spacial score (nSPS) is 12.1. The molecule has 0 aliphatic carbocycles. The van der Waals surface area contributed by atoms with Gasteiger partial charge in [-0.2, -0.15) is 0 Å². The molecule has 0 spiro atoms. The van der Waals surface area contributed by atoms with Crippen LogP contribution in [0.5, 0.6) is 5.75 Å². The Hall–Kier alpha value is -1.80. The fourth-order valence-electron chi connectivity index (χ4n) is 2.39. The van der Waals surface area contributed by atoms with Crippen LogP contribution in [0, 0.1) is 6.92 Å². The summed E-state index contributed by atoms with van der Waals surface area (Å²) in [6, 6.07) is 18.9. The lowest BCUT2D eigenvalue weighted by Gasteiger charge is -2.12. The zero-order valence-electron chi connectivity index (χ0n) is 12.8. The van der Waals surface area contributed by atoms with Crippen LogP contribution in [0.4, 0.5) is 0 Å². The topological polar surface area (TPSA) is 35.2 Å². The van der Waals surface area contributed by atoms with Gasteiger partial charge in [0.15, 0.2) is 0 Å². The first-order valence-electron chi connectivity index (χ1n) is 7.73. The summed E-state index contributed by atoms with van der Waals surface area (Å²) in [7, 11) is 0. The van der Waals surface area contributed by atoms with E-state index in [1.165, 1.54) is 11.1 Å². The van der Waals surface area contributed by atoms with Crippen molar-refractivity contribution < 1.29 is 4.74 Å². The second kappa shape index (κ2) is 8.48. The zero-order chi connectivity index (χ0) is 14.9. The molecule has 2 nitrogen and oxygen atoms in total. The van der Waals surface area contributed by atoms with Gasteiger partial charge in [-0.1, -0.05) is 42.5 Å². The van der Waals surface area contributed by atoms with Crippen molar-refractivity contribution in [2.75, 3.05) is 6.61 Å². The number of hydrogen-bond donors (Lipinski definition) is 1. The van der Waals surface area contributed by atoms with E-state index in [0.717, 1.165) is 31.4 Å². The molecule has 1 unspecified atom stereocenters. The van der Waals surface area contributed by atoms with Crippen LogP contribution in [0.2, 0.25) is 0 Å². The summed E-state index contributed by atoms with van der Waals surface area (Å²) < 4.78 is 5.74. The molecule has 0 heterocycles. The second-order valence-corrected chi connectivity index (χ2v) is 5.59. The fourth-order valence-corrected chi connectivity index (χ4v) is 2.39. The Bertz CT molecular complexity index is 524. The first-order chi connectivity index (χ1) is 10.2. The molecule has 2 heteroatoms.